The summed E-state index contributed by atoms with van der Waals surface area (Å²) < 4.78 is 14.3. The molecule has 0 aliphatic heterocycles. The fourth-order valence-electron chi connectivity index (χ4n) is 2.25. The minimum atomic E-state index is -0.239. The summed E-state index contributed by atoms with van der Waals surface area (Å²) in [4.78, 5) is 0. The minimum absolute atomic E-state index is 0.193. The highest BCUT2D eigenvalue weighted by Gasteiger charge is 2.31. The monoisotopic (exact) mass is 496 g/mol. The van der Waals surface area contributed by atoms with E-state index in [2.05, 4.69) is 53.9 Å². The SMILES string of the molecule is Fc1cccc(CC(CBr)(CBr)c2cccc(Cl)c2)c1Br. The Bertz CT molecular complexity index is 627. The van der Waals surface area contributed by atoms with Gasteiger partial charge in [-0.05, 0) is 51.7 Å². The average molecular weight is 499 g/mol. The van der Waals surface area contributed by atoms with E-state index in [1.54, 1.807) is 6.07 Å². The van der Waals surface area contributed by atoms with Gasteiger partial charge in [-0.2, -0.15) is 0 Å². The molecule has 2 rings (SSSR count). The van der Waals surface area contributed by atoms with E-state index in [0.717, 1.165) is 21.8 Å². The molecule has 0 spiro atoms. The van der Waals surface area contributed by atoms with E-state index in [1.807, 2.05) is 24.3 Å². The van der Waals surface area contributed by atoms with Gasteiger partial charge < -0.3 is 0 Å². The summed E-state index contributed by atoms with van der Waals surface area (Å²) >= 11 is 16.7. The Balaban J connectivity index is 2.45. The summed E-state index contributed by atoms with van der Waals surface area (Å²) in [5, 5.41) is 2.19. The molecular formula is C16H13Br3ClF. The van der Waals surface area contributed by atoms with Crippen molar-refractivity contribution < 1.29 is 4.39 Å². The third kappa shape index (κ3) is 3.90. The first kappa shape index (κ1) is 17.5. The largest absolute Gasteiger partial charge is 0.206 e. The van der Waals surface area contributed by atoms with Crippen LogP contribution in [0.1, 0.15) is 11.1 Å². The zero-order valence-corrected chi connectivity index (χ0v) is 16.6. The van der Waals surface area contributed by atoms with Gasteiger partial charge in [0, 0.05) is 21.1 Å². The van der Waals surface area contributed by atoms with Crippen LogP contribution in [0.3, 0.4) is 0 Å². The van der Waals surface area contributed by atoms with Crippen LogP contribution in [-0.4, -0.2) is 10.7 Å². The molecule has 0 amide bonds. The second-order valence-corrected chi connectivity index (χ2v) is 7.30. The molecule has 0 aliphatic rings. The highest BCUT2D eigenvalue weighted by molar-refractivity contribution is 9.10. The van der Waals surface area contributed by atoms with Gasteiger partial charge in [0.2, 0.25) is 0 Å². The van der Waals surface area contributed by atoms with Crippen molar-refractivity contribution in [3.8, 4) is 0 Å². The maximum Gasteiger partial charge on any atom is 0.137 e. The van der Waals surface area contributed by atoms with E-state index < -0.39 is 0 Å². The fourth-order valence-corrected chi connectivity index (χ4v) is 4.82. The first-order valence-electron chi connectivity index (χ1n) is 6.33. The Labute approximate surface area is 154 Å². The molecule has 2 aromatic carbocycles. The van der Waals surface area contributed by atoms with E-state index >= 15 is 0 Å². The predicted molar refractivity (Wildman–Crippen MR) is 98.5 cm³/mol. The number of halogens is 5. The highest BCUT2D eigenvalue weighted by Crippen LogP contribution is 2.36. The summed E-state index contributed by atoms with van der Waals surface area (Å²) in [6.45, 7) is 0. The van der Waals surface area contributed by atoms with Gasteiger partial charge in [0.1, 0.15) is 5.82 Å². The topological polar surface area (TPSA) is 0 Å². The lowest BCUT2D eigenvalue weighted by Gasteiger charge is -2.31. The van der Waals surface area contributed by atoms with E-state index in [1.165, 1.54) is 6.07 Å². The molecule has 21 heavy (non-hydrogen) atoms. The summed E-state index contributed by atoms with van der Waals surface area (Å²) in [7, 11) is 0. The maximum absolute atomic E-state index is 13.7. The van der Waals surface area contributed by atoms with Gasteiger partial charge in [-0.15, -0.1) is 0 Å². The van der Waals surface area contributed by atoms with Crippen molar-refractivity contribution in [3.63, 3.8) is 0 Å². The van der Waals surface area contributed by atoms with Crippen LogP contribution in [0.2, 0.25) is 5.02 Å². The number of benzene rings is 2. The summed E-state index contributed by atoms with van der Waals surface area (Å²) in [5.74, 6) is -0.239. The molecular weight excluding hydrogens is 486 g/mol. The van der Waals surface area contributed by atoms with Crippen molar-refractivity contribution in [1.29, 1.82) is 0 Å². The minimum Gasteiger partial charge on any atom is -0.206 e. The molecule has 0 bridgehead atoms. The van der Waals surface area contributed by atoms with E-state index in [9.17, 15) is 4.39 Å². The number of hydrogen-bond acceptors (Lipinski definition) is 0. The van der Waals surface area contributed by atoms with Gasteiger partial charge in [-0.1, -0.05) is 67.7 Å². The van der Waals surface area contributed by atoms with E-state index in [-0.39, 0.29) is 11.2 Å². The average Bonchev–Trinajstić information content (AvgIpc) is 2.49. The number of rotatable bonds is 5. The van der Waals surface area contributed by atoms with E-state index in [0.29, 0.717) is 15.9 Å². The highest BCUT2D eigenvalue weighted by atomic mass is 79.9. The Hall–Kier alpha value is 0.1000. The molecule has 5 heteroatoms. The lowest BCUT2D eigenvalue weighted by molar-refractivity contribution is 0.544. The Morgan fingerprint density at radius 1 is 1.05 bits per heavy atom. The van der Waals surface area contributed by atoms with Crippen LogP contribution in [0.4, 0.5) is 4.39 Å². The Morgan fingerprint density at radius 3 is 2.33 bits per heavy atom. The first-order chi connectivity index (χ1) is 10.0. The molecule has 112 valence electrons. The standard InChI is InChI=1S/C16H13Br3ClF/c17-9-16(10-18,12-4-2-5-13(20)7-12)8-11-3-1-6-14(21)15(11)19/h1-7H,8-10H2. The molecule has 0 fully saturated rings. The Morgan fingerprint density at radius 2 is 1.71 bits per heavy atom. The van der Waals surface area contributed by atoms with Crippen molar-refractivity contribution in [3.05, 3.63) is 68.9 Å². The van der Waals surface area contributed by atoms with Crippen molar-refractivity contribution in [2.24, 2.45) is 0 Å². The normalized spacial score (nSPS) is 11.7. The van der Waals surface area contributed by atoms with Gasteiger partial charge in [0.05, 0.1) is 4.47 Å². The molecule has 0 atom stereocenters. The summed E-state index contributed by atoms with van der Waals surface area (Å²) in [6.07, 6.45) is 0.697. The summed E-state index contributed by atoms with van der Waals surface area (Å²) in [5.41, 5.74) is 1.87. The molecule has 2 aromatic rings. The first-order valence-corrected chi connectivity index (χ1v) is 9.74. The zero-order valence-electron chi connectivity index (χ0n) is 11.1. The van der Waals surface area contributed by atoms with Crippen molar-refractivity contribution in [2.75, 3.05) is 10.7 Å². The molecule has 0 saturated carbocycles. The van der Waals surface area contributed by atoms with Gasteiger partial charge in [0.25, 0.3) is 0 Å². The van der Waals surface area contributed by atoms with Gasteiger partial charge in [-0.3, -0.25) is 0 Å². The fraction of sp³-hybridized carbons (Fsp3) is 0.250. The molecule has 0 unspecified atom stereocenters. The van der Waals surface area contributed by atoms with Crippen LogP contribution in [0.25, 0.3) is 0 Å². The molecule has 0 saturated heterocycles. The van der Waals surface area contributed by atoms with Crippen molar-refractivity contribution in [2.45, 2.75) is 11.8 Å². The molecule has 0 N–H and O–H groups in total. The predicted octanol–water partition coefficient (Wildman–Crippen LogP) is 6.51. The third-order valence-corrected chi connectivity index (χ3v) is 6.78. The van der Waals surface area contributed by atoms with E-state index in [4.69, 9.17) is 11.6 Å². The molecule has 0 aromatic heterocycles. The smallest absolute Gasteiger partial charge is 0.137 e. The second-order valence-electron chi connectivity index (χ2n) is 4.95. The van der Waals surface area contributed by atoms with Crippen LogP contribution in [0.15, 0.2) is 46.9 Å². The van der Waals surface area contributed by atoms with Crippen molar-refractivity contribution >= 4 is 59.4 Å². The second kappa shape index (κ2) is 7.58. The van der Waals surface area contributed by atoms with Crippen LogP contribution in [0, 0.1) is 5.82 Å². The molecule has 0 radical (unpaired) electrons. The molecule has 0 heterocycles. The number of alkyl halides is 2. The van der Waals surface area contributed by atoms with Gasteiger partial charge in [-0.25, -0.2) is 4.39 Å². The van der Waals surface area contributed by atoms with Crippen LogP contribution in [0.5, 0.6) is 0 Å². The lowest BCUT2D eigenvalue weighted by atomic mass is 9.79. The maximum atomic E-state index is 13.7. The summed E-state index contributed by atoms with van der Waals surface area (Å²) in [6, 6.07) is 13.0. The van der Waals surface area contributed by atoms with Crippen LogP contribution in [-0.2, 0) is 11.8 Å². The third-order valence-electron chi connectivity index (χ3n) is 3.51. The van der Waals surface area contributed by atoms with Gasteiger partial charge in [0.15, 0.2) is 0 Å². The van der Waals surface area contributed by atoms with Crippen LogP contribution < -0.4 is 0 Å². The Kier molecular flexibility index (Phi) is 6.30. The zero-order chi connectivity index (χ0) is 15.5. The molecule has 0 aliphatic carbocycles. The quantitative estimate of drug-likeness (QED) is 0.412. The molecule has 0 nitrogen and oxygen atoms in total. The lowest BCUT2D eigenvalue weighted by Crippen LogP contribution is -2.33. The van der Waals surface area contributed by atoms with Crippen molar-refractivity contribution in [1.82, 2.24) is 0 Å². The van der Waals surface area contributed by atoms with Crippen LogP contribution >= 0.6 is 59.4 Å². The van der Waals surface area contributed by atoms with Gasteiger partial charge >= 0.3 is 0 Å². The number of hydrogen-bond donors (Lipinski definition) is 0.